The summed E-state index contributed by atoms with van der Waals surface area (Å²) in [6.45, 7) is 2.72. The average molecular weight is 403 g/mol. The monoisotopic (exact) mass is 403 g/mol. The first kappa shape index (κ1) is 20.8. The number of likely N-dealkylation sites (N-methyl/N-ethyl adjacent to an activating group) is 1. The molecule has 2 amide bonds. The minimum atomic E-state index is -0.625. The molecule has 2 aromatic rings. The molecule has 3 rings (SSSR count). The first-order valence-electron chi connectivity index (χ1n) is 9.52. The molecule has 1 atom stereocenters. The number of nitrogens with one attached hydrogen (secondary N) is 1. The number of aromatic nitrogens is 1. The number of carbonyl (C=O) groups is 1. The van der Waals surface area contributed by atoms with E-state index in [1.807, 2.05) is 0 Å². The molecule has 8 nitrogen and oxygen atoms in total. The van der Waals surface area contributed by atoms with Gasteiger partial charge >= 0.3 is 6.03 Å². The summed E-state index contributed by atoms with van der Waals surface area (Å²) in [4.78, 5) is 20.0. The van der Waals surface area contributed by atoms with Gasteiger partial charge in [0.1, 0.15) is 11.6 Å². The molecule has 4 N–H and O–H groups in total. The number of aliphatic hydroxyl groups excluding tert-OH is 1. The van der Waals surface area contributed by atoms with Crippen molar-refractivity contribution in [3.05, 3.63) is 42.3 Å². The van der Waals surface area contributed by atoms with Gasteiger partial charge in [-0.25, -0.2) is 14.2 Å². The maximum atomic E-state index is 13.9. The van der Waals surface area contributed by atoms with E-state index in [1.54, 1.807) is 13.1 Å². The Morgan fingerprint density at radius 1 is 1.38 bits per heavy atom. The van der Waals surface area contributed by atoms with Crippen LogP contribution in [-0.2, 0) is 0 Å². The van der Waals surface area contributed by atoms with Gasteiger partial charge in [0, 0.05) is 44.2 Å². The number of aliphatic hydroxyl groups is 1. The molecule has 1 aliphatic heterocycles. The highest BCUT2D eigenvalue weighted by atomic mass is 19.1. The molecule has 1 aliphatic rings. The third kappa shape index (κ3) is 6.03. The lowest BCUT2D eigenvalue weighted by atomic mass is 10.3. The lowest BCUT2D eigenvalue weighted by Crippen LogP contribution is -2.41. The van der Waals surface area contributed by atoms with Crippen molar-refractivity contribution in [3.8, 4) is 11.5 Å². The number of benzene rings is 1. The zero-order valence-electron chi connectivity index (χ0n) is 16.3. The number of anilines is 2. The van der Waals surface area contributed by atoms with Crippen molar-refractivity contribution in [1.29, 1.82) is 0 Å². The molecule has 0 bridgehead atoms. The van der Waals surface area contributed by atoms with E-state index >= 15 is 0 Å². The van der Waals surface area contributed by atoms with Crippen molar-refractivity contribution >= 4 is 17.5 Å². The number of hydrogen-bond acceptors (Lipinski definition) is 6. The smallest absolute Gasteiger partial charge is 0.322 e. The van der Waals surface area contributed by atoms with Crippen LogP contribution in [0.25, 0.3) is 0 Å². The predicted octanol–water partition coefficient (Wildman–Crippen LogP) is 2.52. The fourth-order valence-corrected chi connectivity index (χ4v) is 3.19. The van der Waals surface area contributed by atoms with Crippen molar-refractivity contribution in [2.75, 3.05) is 44.3 Å². The van der Waals surface area contributed by atoms with E-state index in [2.05, 4.69) is 15.2 Å². The molecule has 1 fully saturated rings. The van der Waals surface area contributed by atoms with Crippen LogP contribution in [0.4, 0.5) is 20.7 Å². The van der Waals surface area contributed by atoms with Gasteiger partial charge in [-0.15, -0.1) is 0 Å². The van der Waals surface area contributed by atoms with Crippen LogP contribution in [0.5, 0.6) is 11.5 Å². The number of urea groups is 1. The SMILES string of the molecule is CN(C[C@@H](O)CN1CCCC1)C(=O)Nc1cc(Oc2ccc(N)cc2F)ccn1. The lowest BCUT2D eigenvalue weighted by Gasteiger charge is -2.24. The van der Waals surface area contributed by atoms with Crippen LogP contribution >= 0.6 is 0 Å². The molecular weight excluding hydrogens is 377 g/mol. The molecule has 9 heteroatoms. The summed E-state index contributed by atoms with van der Waals surface area (Å²) in [5, 5.41) is 12.9. The second-order valence-corrected chi connectivity index (χ2v) is 7.14. The molecule has 156 valence electrons. The number of likely N-dealkylation sites (tertiary alicyclic amines) is 1. The topological polar surface area (TPSA) is 104 Å². The van der Waals surface area contributed by atoms with Gasteiger partial charge in [0.25, 0.3) is 0 Å². The maximum absolute atomic E-state index is 13.9. The minimum Gasteiger partial charge on any atom is -0.454 e. The molecule has 1 aromatic heterocycles. The molecule has 29 heavy (non-hydrogen) atoms. The van der Waals surface area contributed by atoms with Crippen LogP contribution in [0.2, 0.25) is 0 Å². The van der Waals surface area contributed by atoms with Crippen LogP contribution < -0.4 is 15.8 Å². The summed E-state index contributed by atoms with van der Waals surface area (Å²) >= 11 is 0. The number of nitrogens with zero attached hydrogens (tertiary/aromatic N) is 3. The highest BCUT2D eigenvalue weighted by Crippen LogP contribution is 2.26. The molecule has 0 saturated carbocycles. The van der Waals surface area contributed by atoms with E-state index < -0.39 is 18.0 Å². The molecule has 1 aromatic carbocycles. The quantitative estimate of drug-likeness (QED) is 0.614. The van der Waals surface area contributed by atoms with Gasteiger partial charge in [-0.05, 0) is 44.1 Å². The van der Waals surface area contributed by atoms with Crippen molar-refractivity contribution in [2.24, 2.45) is 0 Å². The van der Waals surface area contributed by atoms with E-state index in [0.29, 0.717) is 18.0 Å². The van der Waals surface area contributed by atoms with Crippen molar-refractivity contribution in [1.82, 2.24) is 14.8 Å². The molecule has 2 heterocycles. The van der Waals surface area contributed by atoms with Crippen LogP contribution in [0.1, 0.15) is 12.8 Å². The third-order valence-electron chi connectivity index (χ3n) is 4.65. The van der Waals surface area contributed by atoms with Gasteiger partial charge in [0.05, 0.1) is 6.10 Å². The Balaban J connectivity index is 1.55. The van der Waals surface area contributed by atoms with Crippen molar-refractivity contribution < 1.29 is 19.0 Å². The Kier molecular flexibility index (Phi) is 6.84. The lowest BCUT2D eigenvalue weighted by molar-refractivity contribution is 0.0993. The number of carbonyl (C=O) groups excluding carboxylic acids is 1. The van der Waals surface area contributed by atoms with Crippen LogP contribution in [-0.4, -0.2) is 65.3 Å². The Hall–Kier alpha value is -2.91. The van der Waals surface area contributed by atoms with Gasteiger partial charge in [0.2, 0.25) is 0 Å². The molecule has 0 unspecified atom stereocenters. The zero-order valence-corrected chi connectivity index (χ0v) is 16.3. The standard InChI is InChI=1S/C20H26FN5O3/c1-25(12-15(27)13-26-8-2-3-9-26)20(28)24-19-11-16(6-7-23-19)29-18-5-4-14(22)10-17(18)21/h4-7,10-11,15,27H,2-3,8-9,12-13,22H2,1H3,(H,23,24,28)/t15-/m1/s1. The summed E-state index contributed by atoms with van der Waals surface area (Å²) in [5.74, 6) is 0.00359. The first-order valence-corrected chi connectivity index (χ1v) is 9.52. The molecule has 0 aliphatic carbocycles. The summed E-state index contributed by atoms with van der Waals surface area (Å²) in [6, 6.07) is 6.76. The maximum Gasteiger partial charge on any atom is 0.322 e. The number of amides is 2. The number of hydrogen-bond donors (Lipinski definition) is 3. The largest absolute Gasteiger partial charge is 0.454 e. The highest BCUT2D eigenvalue weighted by molar-refractivity contribution is 5.88. The number of nitrogen functional groups attached to an aromatic ring is 1. The fourth-order valence-electron chi connectivity index (χ4n) is 3.19. The molecule has 1 saturated heterocycles. The van der Waals surface area contributed by atoms with E-state index in [4.69, 9.17) is 10.5 Å². The molecular formula is C20H26FN5O3. The number of rotatable bonds is 7. The molecule has 0 radical (unpaired) electrons. The second-order valence-electron chi connectivity index (χ2n) is 7.14. The van der Waals surface area contributed by atoms with E-state index in [-0.39, 0.29) is 18.1 Å². The van der Waals surface area contributed by atoms with E-state index in [1.165, 1.54) is 35.4 Å². The van der Waals surface area contributed by atoms with Gasteiger partial charge in [-0.2, -0.15) is 0 Å². The van der Waals surface area contributed by atoms with E-state index in [9.17, 15) is 14.3 Å². The Morgan fingerprint density at radius 2 is 2.14 bits per heavy atom. The zero-order chi connectivity index (χ0) is 20.8. The Morgan fingerprint density at radius 3 is 2.86 bits per heavy atom. The highest BCUT2D eigenvalue weighted by Gasteiger charge is 2.19. The number of pyridine rings is 1. The van der Waals surface area contributed by atoms with Crippen molar-refractivity contribution in [2.45, 2.75) is 18.9 Å². The summed E-state index contributed by atoms with van der Waals surface area (Å²) in [5.41, 5.74) is 5.83. The Labute approximate surface area is 169 Å². The predicted molar refractivity (Wildman–Crippen MR) is 108 cm³/mol. The Bertz CT molecular complexity index is 845. The number of ether oxygens (including phenoxy) is 1. The summed E-state index contributed by atoms with van der Waals surface area (Å²) in [7, 11) is 1.60. The van der Waals surface area contributed by atoms with Crippen LogP contribution in [0.3, 0.4) is 0 Å². The van der Waals surface area contributed by atoms with Gasteiger partial charge < -0.3 is 25.4 Å². The number of β-amino-alcohol motifs (C(OH)–C–C–N with tert-alkyl or cyclic N) is 1. The van der Waals surface area contributed by atoms with Gasteiger partial charge in [-0.3, -0.25) is 5.32 Å². The number of halogens is 1. The van der Waals surface area contributed by atoms with Crippen LogP contribution in [0.15, 0.2) is 36.5 Å². The normalized spacial score (nSPS) is 15.1. The van der Waals surface area contributed by atoms with Crippen molar-refractivity contribution in [3.63, 3.8) is 0 Å². The minimum absolute atomic E-state index is 0.0184. The average Bonchev–Trinajstić information content (AvgIpc) is 3.17. The number of nitrogens with two attached hydrogens (primary N) is 1. The van der Waals surface area contributed by atoms with Crippen LogP contribution in [0, 0.1) is 5.82 Å². The summed E-state index contributed by atoms with van der Waals surface area (Å²) in [6.07, 6.45) is 3.11. The van der Waals surface area contributed by atoms with Gasteiger partial charge in [0.15, 0.2) is 11.6 Å². The second kappa shape index (κ2) is 9.53. The van der Waals surface area contributed by atoms with Gasteiger partial charge in [-0.1, -0.05) is 0 Å². The fraction of sp³-hybridized carbons (Fsp3) is 0.400. The first-order chi connectivity index (χ1) is 13.9. The summed E-state index contributed by atoms with van der Waals surface area (Å²) < 4.78 is 19.4. The molecule has 0 spiro atoms. The third-order valence-corrected chi connectivity index (χ3v) is 4.65. The van der Waals surface area contributed by atoms with E-state index in [0.717, 1.165) is 25.9 Å².